The van der Waals surface area contributed by atoms with Crippen LogP contribution in [0.15, 0.2) is 79.0 Å². The summed E-state index contributed by atoms with van der Waals surface area (Å²) in [6.07, 6.45) is 2.34. The lowest BCUT2D eigenvalue weighted by Gasteiger charge is -2.37. The van der Waals surface area contributed by atoms with Crippen molar-refractivity contribution in [1.82, 2.24) is 15.0 Å². The minimum atomic E-state index is -2.25. The first-order valence-corrected chi connectivity index (χ1v) is 18.2. The number of nitrogens with zero attached hydrogens (tertiary/aromatic N) is 3. The van der Waals surface area contributed by atoms with Crippen molar-refractivity contribution >= 4 is 24.9 Å². The minimum absolute atomic E-state index is 0.0593. The summed E-state index contributed by atoms with van der Waals surface area (Å²) in [5, 5.41) is 23.4. The van der Waals surface area contributed by atoms with Crippen LogP contribution >= 0.6 is 0 Å². The number of aliphatic hydroxyl groups is 1. The van der Waals surface area contributed by atoms with Gasteiger partial charge in [-0.1, -0.05) is 72.9 Å². The van der Waals surface area contributed by atoms with Crippen molar-refractivity contribution in [3.05, 3.63) is 95.8 Å². The number of anilines is 1. The van der Waals surface area contributed by atoms with Gasteiger partial charge >= 0.3 is 0 Å². The van der Waals surface area contributed by atoms with Gasteiger partial charge in [0.1, 0.15) is 11.5 Å². The predicted molar refractivity (Wildman–Crippen MR) is 171 cm³/mol. The number of nitrogens with one attached hydrogen (secondary N) is 1. The number of amides is 1. The highest BCUT2D eigenvalue weighted by atomic mass is 28.3. The Balaban J connectivity index is 1.34. The fraction of sp³-hybridized carbons (Fsp3) is 0.382. The molecule has 1 unspecified atom stereocenters. The van der Waals surface area contributed by atoms with Gasteiger partial charge in [-0.3, -0.25) is 9.48 Å². The number of carbonyl (C=O) groups is 1. The lowest BCUT2D eigenvalue weighted by molar-refractivity contribution is -0.143. The molecule has 9 nitrogen and oxygen atoms in total. The molecule has 1 spiro atoms. The number of rotatable bonds is 10. The molecule has 0 saturated carbocycles. The molecule has 5 atom stereocenters. The summed E-state index contributed by atoms with van der Waals surface area (Å²) in [6, 6.07) is 23.9. The first-order chi connectivity index (χ1) is 21.2. The molecule has 1 saturated heterocycles. The summed E-state index contributed by atoms with van der Waals surface area (Å²) in [7, 11) is 1.06. The smallest absolute Gasteiger partial charge is 0.261 e. The van der Waals surface area contributed by atoms with Crippen LogP contribution in [0.25, 0.3) is 0 Å². The molecule has 1 amide bonds. The normalized spacial score (nSPS) is 23.4. The molecule has 4 aromatic rings. The Bertz CT molecular complexity index is 1630. The standard InChI is InChI=1S/C34H40N4O5Si/c1-22-32(44(4,5)26-14-11-24(41-2)12-15-26)31(43-34(22)28-19-25(42-3)13-16-29(28)35-33(34)40)17-18-38-20-30(36-37-38)27(21-39)23-9-7-6-8-10-23/h6-16,19-20,22,27,31-32,39H,17-18,21H2,1-5H3,(H,35,40)/t22-,27?,31+,32-,34+/m1/s1. The molecule has 1 aromatic heterocycles. The van der Waals surface area contributed by atoms with Crippen LogP contribution in [0.2, 0.25) is 18.6 Å². The number of aliphatic hydroxyl groups excluding tert-OH is 1. The van der Waals surface area contributed by atoms with Crippen molar-refractivity contribution in [1.29, 1.82) is 0 Å². The highest BCUT2D eigenvalue weighted by Crippen LogP contribution is 2.59. The van der Waals surface area contributed by atoms with E-state index in [0.717, 1.165) is 28.3 Å². The van der Waals surface area contributed by atoms with Crippen LogP contribution in [0.4, 0.5) is 5.69 Å². The fourth-order valence-corrected chi connectivity index (χ4v) is 11.5. The van der Waals surface area contributed by atoms with Crippen molar-refractivity contribution in [2.75, 3.05) is 26.1 Å². The quantitative estimate of drug-likeness (QED) is 0.251. The number of aromatic nitrogens is 3. The fourth-order valence-electron chi connectivity index (χ4n) is 7.41. The Morgan fingerprint density at radius 1 is 1.05 bits per heavy atom. The number of aryl methyl sites for hydroxylation is 1. The molecule has 3 aromatic carbocycles. The van der Waals surface area contributed by atoms with Gasteiger partial charge in [-0.05, 0) is 47.9 Å². The maximum absolute atomic E-state index is 13.9. The zero-order valence-electron chi connectivity index (χ0n) is 25.9. The molecule has 0 radical (unpaired) electrons. The summed E-state index contributed by atoms with van der Waals surface area (Å²) in [4.78, 5) is 13.9. The number of benzene rings is 3. The second kappa shape index (κ2) is 11.8. The van der Waals surface area contributed by atoms with Crippen LogP contribution in [-0.2, 0) is 21.7 Å². The predicted octanol–water partition coefficient (Wildman–Crippen LogP) is 4.68. The van der Waals surface area contributed by atoms with Gasteiger partial charge in [0.25, 0.3) is 5.91 Å². The van der Waals surface area contributed by atoms with Crippen LogP contribution in [-0.4, -0.2) is 61.0 Å². The van der Waals surface area contributed by atoms with Crippen molar-refractivity contribution in [2.24, 2.45) is 5.92 Å². The third kappa shape index (κ3) is 5.00. The highest BCUT2D eigenvalue weighted by molar-refractivity contribution is 6.91. The number of methoxy groups -OCH3 is 2. The molecule has 10 heteroatoms. The molecule has 2 N–H and O–H groups in total. The van der Waals surface area contributed by atoms with E-state index < -0.39 is 13.7 Å². The van der Waals surface area contributed by atoms with E-state index in [1.54, 1.807) is 14.2 Å². The Kier molecular flexibility index (Phi) is 8.08. The van der Waals surface area contributed by atoms with Gasteiger partial charge < -0.3 is 24.6 Å². The Morgan fingerprint density at radius 2 is 1.75 bits per heavy atom. The molecular formula is C34H40N4O5Si. The average Bonchev–Trinajstić information content (AvgIpc) is 3.71. The SMILES string of the molecule is COc1ccc([Si](C)(C)[C@H]2[C@H](CCn3cc(C(CO)c4ccccc4)nn3)O[C@@]3(C(=O)Nc4ccc(OC)cc43)[C@@H]2C)cc1. The third-order valence-electron chi connectivity index (χ3n) is 9.74. The van der Waals surface area contributed by atoms with Crippen molar-refractivity contribution in [2.45, 2.75) is 56.1 Å². The van der Waals surface area contributed by atoms with E-state index in [0.29, 0.717) is 18.7 Å². The topological polar surface area (TPSA) is 108 Å². The van der Waals surface area contributed by atoms with Crippen LogP contribution in [0.3, 0.4) is 0 Å². The Morgan fingerprint density at radius 3 is 2.43 bits per heavy atom. The van der Waals surface area contributed by atoms with E-state index >= 15 is 0 Å². The number of carbonyl (C=O) groups excluding carboxylic acids is 1. The van der Waals surface area contributed by atoms with E-state index in [4.69, 9.17) is 14.2 Å². The highest BCUT2D eigenvalue weighted by Gasteiger charge is 2.64. The van der Waals surface area contributed by atoms with Gasteiger partial charge in [-0.25, -0.2) is 0 Å². The van der Waals surface area contributed by atoms with Crippen LogP contribution in [0.5, 0.6) is 11.5 Å². The van der Waals surface area contributed by atoms with E-state index in [1.165, 1.54) is 5.19 Å². The number of ether oxygens (including phenoxy) is 3. The van der Waals surface area contributed by atoms with Gasteiger partial charge in [0.2, 0.25) is 0 Å². The number of fused-ring (bicyclic) bond motifs is 2. The monoisotopic (exact) mass is 612 g/mol. The molecule has 3 heterocycles. The third-order valence-corrected chi connectivity index (χ3v) is 14.1. The summed E-state index contributed by atoms with van der Waals surface area (Å²) >= 11 is 0. The Hall–Kier alpha value is -3.99. The first kappa shape index (κ1) is 30.1. The summed E-state index contributed by atoms with van der Waals surface area (Å²) in [5.41, 5.74) is 2.29. The Labute approximate surface area is 259 Å². The largest absolute Gasteiger partial charge is 0.497 e. The van der Waals surface area contributed by atoms with Gasteiger partial charge in [0, 0.05) is 29.9 Å². The lowest BCUT2D eigenvalue weighted by atomic mass is 9.82. The number of hydrogen-bond acceptors (Lipinski definition) is 7. The van der Waals surface area contributed by atoms with Crippen molar-refractivity contribution < 1.29 is 24.1 Å². The van der Waals surface area contributed by atoms with Gasteiger partial charge in [0.05, 0.1) is 46.6 Å². The van der Waals surface area contributed by atoms with E-state index in [9.17, 15) is 9.90 Å². The summed E-state index contributed by atoms with van der Waals surface area (Å²) in [6.45, 7) is 7.39. The number of hydrogen-bond donors (Lipinski definition) is 2. The molecule has 0 bridgehead atoms. The van der Waals surface area contributed by atoms with Crippen LogP contribution in [0, 0.1) is 5.92 Å². The summed E-state index contributed by atoms with van der Waals surface area (Å²) in [5.74, 6) is 1.02. The van der Waals surface area contributed by atoms with Crippen LogP contribution in [0.1, 0.15) is 36.1 Å². The average molecular weight is 613 g/mol. The van der Waals surface area contributed by atoms with Gasteiger partial charge in [0.15, 0.2) is 5.60 Å². The molecule has 2 aliphatic rings. The first-order valence-electron chi connectivity index (χ1n) is 15.1. The minimum Gasteiger partial charge on any atom is -0.497 e. The molecule has 2 aliphatic heterocycles. The second-order valence-corrected chi connectivity index (χ2v) is 17.1. The van der Waals surface area contributed by atoms with E-state index in [-0.39, 0.29) is 36.0 Å². The molecule has 44 heavy (non-hydrogen) atoms. The van der Waals surface area contributed by atoms with Crippen molar-refractivity contribution in [3.8, 4) is 11.5 Å². The molecular weight excluding hydrogens is 572 g/mol. The lowest BCUT2D eigenvalue weighted by Crippen LogP contribution is -2.51. The van der Waals surface area contributed by atoms with Gasteiger partial charge in [-0.15, -0.1) is 5.10 Å². The van der Waals surface area contributed by atoms with Crippen LogP contribution < -0.4 is 20.0 Å². The molecule has 230 valence electrons. The second-order valence-electron chi connectivity index (χ2n) is 12.4. The van der Waals surface area contributed by atoms with E-state index in [1.807, 2.05) is 71.5 Å². The summed E-state index contributed by atoms with van der Waals surface area (Å²) < 4.78 is 19.9. The molecule has 6 rings (SSSR count). The van der Waals surface area contributed by atoms with Gasteiger partial charge in [-0.2, -0.15) is 0 Å². The van der Waals surface area contributed by atoms with E-state index in [2.05, 4.69) is 47.8 Å². The zero-order chi connectivity index (χ0) is 31.1. The maximum Gasteiger partial charge on any atom is 0.261 e. The zero-order valence-corrected chi connectivity index (χ0v) is 26.9. The molecule has 0 aliphatic carbocycles. The maximum atomic E-state index is 13.9. The van der Waals surface area contributed by atoms with Crippen molar-refractivity contribution in [3.63, 3.8) is 0 Å². The molecule has 1 fully saturated rings.